The van der Waals surface area contributed by atoms with Crippen molar-refractivity contribution in [3.05, 3.63) is 57.9 Å². The van der Waals surface area contributed by atoms with Gasteiger partial charge in [0.15, 0.2) is 5.13 Å². The minimum atomic E-state index is 0.676. The predicted molar refractivity (Wildman–Crippen MR) is 101 cm³/mol. The summed E-state index contributed by atoms with van der Waals surface area (Å²) in [6.45, 7) is 4.75. The number of aromatic nitrogens is 1. The number of nitrogens with one attached hydrogen (secondary N) is 1. The van der Waals surface area contributed by atoms with E-state index >= 15 is 0 Å². The lowest BCUT2D eigenvalue weighted by molar-refractivity contribution is 0.340. The van der Waals surface area contributed by atoms with Gasteiger partial charge in [0.25, 0.3) is 0 Å². The van der Waals surface area contributed by atoms with Crippen LogP contribution >= 0.6 is 27.3 Å². The van der Waals surface area contributed by atoms with Crippen LogP contribution in [0.25, 0.3) is 11.3 Å². The van der Waals surface area contributed by atoms with Crippen LogP contribution in [0.1, 0.15) is 11.8 Å². The molecule has 23 heavy (non-hydrogen) atoms. The van der Waals surface area contributed by atoms with Crippen molar-refractivity contribution in [2.45, 2.75) is 13.8 Å². The Balaban J connectivity index is 1.83. The molecule has 0 aliphatic carbocycles. The molecule has 0 amide bonds. The summed E-state index contributed by atoms with van der Waals surface area (Å²) in [6.07, 6.45) is 0. The first-order chi connectivity index (χ1) is 11.2. The normalized spacial score (nSPS) is 10.6. The van der Waals surface area contributed by atoms with Crippen molar-refractivity contribution in [2.75, 3.05) is 11.9 Å². The molecule has 118 valence electrons. The van der Waals surface area contributed by atoms with Crippen LogP contribution in [0.2, 0.25) is 0 Å². The van der Waals surface area contributed by atoms with Crippen LogP contribution in [0.4, 0.5) is 10.8 Å². The Labute approximate surface area is 148 Å². The lowest BCUT2D eigenvalue weighted by atomic mass is 10.1. The van der Waals surface area contributed by atoms with Crippen LogP contribution < -0.4 is 10.1 Å². The van der Waals surface area contributed by atoms with Crippen molar-refractivity contribution in [3.63, 3.8) is 0 Å². The minimum Gasteiger partial charge on any atom is -0.494 e. The van der Waals surface area contributed by atoms with Crippen LogP contribution in [0.5, 0.6) is 5.75 Å². The molecule has 0 bridgehead atoms. The Hall–Kier alpha value is -1.85. The van der Waals surface area contributed by atoms with Crippen LogP contribution in [0.3, 0.4) is 0 Å². The van der Waals surface area contributed by atoms with Gasteiger partial charge in [-0.05, 0) is 56.3 Å². The van der Waals surface area contributed by atoms with Crippen molar-refractivity contribution < 1.29 is 4.74 Å². The summed E-state index contributed by atoms with van der Waals surface area (Å²) in [5, 5.41) is 4.25. The molecule has 0 saturated carbocycles. The van der Waals surface area contributed by atoms with Crippen molar-refractivity contribution in [3.8, 4) is 17.0 Å². The van der Waals surface area contributed by atoms with Crippen LogP contribution in [-0.2, 0) is 0 Å². The third-order valence-electron chi connectivity index (χ3n) is 3.31. The monoisotopic (exact) mass is 388 g/mol. The molecule has 0 saturated heterocycles. The number of anilines is 2. The largest absolute Gasteiger partial charge is 0.494 e. The molecule has 0 aliphatic heterocycles. The second-order valence-corrected chi connectivity index (χ2v) is 7.14. The molecule has 3 rings (SSSR count). The highest BCUT2D eigenvalue weighted by Gasteiger charge is 2.10. The van der Waals surface area contributed by atoms with E-state index in [1.165, 1.54) is 4.88 Å². The van der Waals surface area contributed by atoms with E-state index in [9.17, 15) is 0 Å². The fraction of sp³-hybridized carbons (Fsp3) is 0.167. The van der Waals surface area contributed by atoms with Crippen LogP contribution in [-0.4, -0.2) is 11.6 Å². The molecule has 2 aromatic carbocycles. The lowest BCUT2D eigenvalue weighted by Crippen LogP contribution is -1.91. The number of halogens is 1. The summed E-state index contributed by atoms with van der Waals surface area (Å²) >= 11 is 5.14. The molecule has 0 atom stereocenters. The molecular formula is C18H17BrN2OS. The fourth-order valence-electron chi connectivity index (χ4n) is 2.28. The van der Waals surface area contributed by atoms with E-state index in [4.69, 9.17) is 9.72 Å². The summed E-state index contributed by atoms with van der Waals surface area (Å²) in [6, 6.07) is 16.1. The summed E-state index contributed by atoms with van der Waals surface area (Å²) in [5.74, 6) is 0.886. The average molecular weight is 389 g/mol. The van der Waals surface area contributed by atoms with E-state index in [2.05, 4.69) is 40.3 Å². The Morgan fingerprint density at radius 2 is 1.96 bits per heavy atom. The van der Waals surface area contributed by atoms with Gasteiger partial charge in [-0.1, -0.05) is 22.0 Å². The standard InChI is InChI=1S/C18H17BrN2OS/c1-3-22-16-9-7-13(8-10-16)17-12(2)23-18(21-17)20-15-6-4-5-14(19)11-15/h4-11H,3H2,1-2H3,(H,20,21). The topological polar surface area (TPSA) is 34.1 Å². The second-order valence-electron chi connectivity index (χ2n) is 5.02. The van der Waals surface area contributed by atoms with E-state index in [1.807, 2.05) is 43.3 Å². The molecule has 3 nitrogen and oxygen atoms in total. The highest BCUT2D eigenvalue weighted by atomic mass is 79.9. The molecule has 5 heteroatoms. The maximum Gasteiger partial charge on any atom is 0.187 e. The zero-order chi connectivity index (χ0) is 16.2. The van der Waals surface area contributed by atoms with Gasteiger partial charge in [0.1, 0.15) is 5.75 Å². The number of rotatable bonds is 5. The predicted octanol–water partition coefficient (Wildman–Crippen LogP) is 6.02. The van der Waals surface area contributed by atoms with Crippen LogP contribution in [0.15, 0.2) is 53.0 Å². The number of nitrogens with zero attached hydrogens (tertiary/aromatic N) is 1. The zero-order valence-corrected chi connectivity index (χ0v) is 15.4. The van der Waals surface area contributed by atoms with Gasteiger partial charge in [-0.2, -0.15) is 0 Å². The molecular weight excluding hydrogens is 372 g/mol. The molecule has 0 spiro atoms. The summed E-state index contributed by atoms with van der Waals surface area (Å²) in [4.78, 5) is 5.92. The third-order valence-corrected chi connectivity index (χ3v) is 4.69. The Morgan fingerprint density at radius 3 is 2.65 bits per heavy atom. The Kier molecular flexibility index (Phi) is 4.98. The molecule has 1 N–H and O–H groups in total. The molecule has 1 heterocycles. The SMILES string of the molecule is CCOc1ccc(-c2nc(Nc3cccc(Br)c3)sc2C)cc1. The van der Waals surface area contributed by atoms with Crippen molar-refractivity contribution in [1.29, 1.82) is 0 Å². The summed E-state index contributed by atoms with van der Waals surface area (Å²) in [5.41, 5.74) is 3.13. The van der Waals surface area contributed by atoms with E-state index in [-0.39, 0.29) is 0 Å². The fourth-order valence-corrected chi connectivity index (χ4v) is 3.54. The van der Waals surface area contributed by atoms with Gasteiger partial charge < -0.3 is 10.1 Å². The van der Waals surface area contributed by atoms with Crippen molar-refractivity contribution in [1.82, 2.24) is 4.98 Å². The minimum absolute atomic E-state index is 0.676. The number of ether oxygens (including phenoxy) is 1. The maximum absolute atomic E-state index is 5.49. The Bertz CT molecular complexity index is 799. The van der Waals surface area contributed by atoms with E-state index in [1.54, 1.807) is 11.3 Å². The van der Waals surface area contributed by atoms with Gasteiger partial charge in [-0.3, -0.25) is 0 Å². The summed E-state index contributed by atoms with van der Waals surface area (Å²) in [7, 11) is 0. The lowest BCUT2D eigenvalue weighted by Gasteiger charge is -2.04. The Morgan fingerprint density at radius 1 is 1.17 bits per heavy atom. The second kappa shape index (κ2) is 7.15. The van der Waals surface area contributed by atoms with E-state index in [0.717, 1.165) is 32.3 Å². The number of hydrogen-bond acceptors (Lipinski definition) is 4. The van der Waals surface area contributed by atoms with Gasteiger partial charge >= 0.3 is 0 Å². The summed E-state index contributed by atoms with van der Waals surface area (Å²) < 4.78 is 6.53. The van der Waals surface area contributed by atoms with Gasteiger partial charge in [-0.15, -0.1) is 11.3 Å². The molecule has 3 aromatic rings. The molecule has 0 unspecified atom stereocenters. The molecule has 1 aromatic heterocycles. The molecule has 0 fully saturated rings. The van der Waals surface area contributed by atoms with Crippen molar-refractivity contribution in [2.24, 2.45) is 0 Å². The average Bonchev–Trinajstić information content (AvgIpc) is 2.89. The van der Waals surface area contributed by atoms with Gasteiger partial charge in [-0.25, -0.2) is 4.98 Å². The number of aryl methyl sites for hydroxylation is 1. The van der Waals surface area contributed by atoms with Crippen LogP contribution in [0, 0.1) is 6.92 Å². The smallest absolute Gasteiger partial charge is 0.187 e. The zero-order valence-electron chi connectivity index (χ0n) is 13.0. The quantitative estimate of drug-likeness (QED) is 0.579. The van der Waals surface area contributed by atoms with E-state index < -0.39 is 0 Å². The van der Waals surface area contributed by atoms with Gasteiger partial charge in [0.05, 0.1) is 12.3 Å². The van der Waals surface area contributed by atoms with Gasteiger partial charge in [0, 0.05) is 20.6 Å². The third kappa shape index (κ3) is 3.92. The number of benzene rings is 2. The molecule has 0 radical (unpaired) electrons. The highest BCUT2D eigenvalue weighted by molar-refractivity contribution is 9.10. The first-order valence-corrected chi connectivity index (χ1v) is 9.00. The highest BCUT2D eigenvalue weighted by Crippen LogP contribution is 2.33. The van der Waals surface area contributed by atoms with E-state index in [0.29, 0.717) is 6.61 Å². The first kappa shape index (κ1) is 16.0. The first-order valence-electron chi connectivity index (χ1n) is 7.39. The number of hydrogen-bond donors (Lipinski definition) is 1. The number of thiazole rings is 1. The van der Waals surface area contributed by atoms with Gasteiger partial charge in [0.2, 0.25) is 0 Å². The van der Waals surface area contributed by atoms with Crippen molar-refractivity contribution >= 4 is 38.1 Å². The molecule has 0 aliphatic rings. The maximum atomic E-state index is 5.49.